The molecule has 1 aliphatic carbocycles. The summed E-state index contributed by atoms with van der Waals surface area (Å²) < 4.78 is 0. The zero-order valence-corrected chi connectivity index (χ0v) is 15.6. The first kappa shape index (κ1) is 18.8. The lowest BCUT2D eigenvalue weighted by Gasteiger charge is -2.08. The Morgan fingerprint density at radius 3 is 2.78 bits per heavy atom. The maximum Gasteiger partial charge on any atom is 0.270 e. The predicted octanol–water partition coefficient (Wildman–Crippen LogP) is 4.84. The van der Waals surface area contributed by atoms with Crippen molar-refractivity contribution in [1.82, 2.24) is 0 Å². The highest BCUT2D eigenvalue weighted by Crippen LogP contribution is 2.36. The molecule has 0 unspecified atom stereocenters. The summed E-state index contributed by atoms with van der Waals surface area (Å²) in [7, 11) is 0. The number of nitriles is 1. The Kier molecular flexibility index (Phi) is 5.99. The van der Waals surface area contributed by atoms with E-state index in [1.165, 1.54) is 53.3 Å². The van der Waals surface area contributed by atoms with Crippen molar-refractivity contribution in [3.8, 4) is 6.07 Å². The second-order valence-corrected chi connectivity index (χ2v) is 7.51. The number of anilines is 1. The van der Waals surface area contributed by atoms with Crippen LogP contribution in [-0.2, 0) is 17.6 Å². The number of rotatable bonds is 4. The number of amides is 1. The van der Waals surface area contributed by atoms with E-state index in [0.29, 0.717) is 16.1 Å². The molecule has 1 aliphatic rings. The number of thiophene rings is 1. The van der Waals surface area contributed by atoms with Gasteiger partial charge in [0.15, 0.2) is 0 Å². The number of nitro benzene ring substituents is 1. The lowest BCUT2D eigenvalue weighted by atomic mass is 9.97. The normalized spacial score (nSPS) is 14.0. The summed E-state index contributed by atoms with van der Waals surface area (Å²) in [6, 6.07) is 8.31. The van der Waals surface area contributed by atoms with Crippen molar-refractivity contribution in [3.05, 3.63) is 62.0 Å². The van der Waals surface area contributed by atoms with Crippen LogP contribution in [0.1, 0.15) is 47.3 Å². The minimum atomic E-state index is -0.474. The Morgan fingerprint density at radius 1 is 1.26 bits per heavy atom. The monoisotopic (exact) mass is 381 g/mol. The van der Waals surface area contributed by atoms with Gasteiger partial charge in [0.25, 0.3) is 5.69 Å². The molecule has 0 aliphatic heterocycles. The Balaban J connectivity index is 1.76. The molecule has 0 atom stereocenters. The van der Waals surface area contributed by atoms with Crippen molar-refractivity contribution in [2.45, 2.75) is 38.5 Å². The molecular formula is C20H19N3O3S. The molecule has 0 saturated carbocycles. The number of nitrogens with zero attached hydrogens (tertiary/aromatic N) is 2. The Bertz CT molecular complexity index is 940. The maximum absolute atomic E-state index is 12.3. The number of hydrogen-bond donors (Lipinski definition) is 1. The van der Waals surface area contributed by atoms with Crippen LogP contribution in [0.4, 0.5) is 10.7 Å². The number of carbonyl (C=O) groups excluding carboxylic acids is 1. The minimum Gasteiger partial charge on any atom is -0.313 e. The van der Waals surface area contributed by atoms with Gasteiger partial charge in [0, 0.05) is 23.1 Å². The molecule has 1 amide bonds. The van der Waals surface area contributed by atoms with E-state index < -0.39 is 4.92 Å². The van der Waals surface area contributed by atoms with Gasteiger partial charge in [-0.05, 0) is 42.9 Å². The van der Waals surface area contributed by atoms with Gasteiger partial charge >= 0.3 is 0 Å². The van der Waals surface area contributed by atoms with Crippen LogP contribution < -0.4 is 5.32 Å². The predicted molar refractivity (Wildman–Crippen MR) is 106 cm³/mol. The molecule has 0 saturated heterocycles. The van der Waals surface area contributed by atoms with Crippen molar-refractivity contribution in [2.75, 3.05) is 5.32 Å². The van der Waals surface area contributed by atoms with E-state index >= 15 is 0 Å². The van der Waals surface area contributed by atoms with Crippen molar-refractivity contribution < 1.29 is 9.72 Å². The van der Waals surface area contributed by atoms with E-state index in [-0.39, 0.29) is 11.6 Å². The smallest absolute Gasteiger partial charge is 0.270 e. The Morgan fingerprint density at radius 2 is 2.04 bits per heavy atom. The third-order valence-corrected chi connectivity index (χ3v) is 5.74. The van der Waals surface area contributed by atoms with Gasteiger partial charge in [-0.2, -0.15) is 5.26 Å². The van der Waals surface area contributed by atoms with Gasteiger partial charge in [-0.25, -0.2) is 0 Å². The van der Waals surface area contributed by atoms with Crippen LogP contribution in [0.3, 0.4) is 0 Å². The molecule has 1 aromatic carbocycles. The molecule has 0 radical (unpaired) electrons. The zero-order valence-electron chi connectivity index (χ0n) is 14.7. The number of nitro groups is 1. The molecule has 0 spiro atoms. The number of carbonyl (C=O) groups is 1. The second kappa shape index (κ2) is 8.60. The average molecular weight is 381 g/mol. The molecule has 0 bridgehead atoms. The fraction of sp³-hybridized carbons (Fsp3) is 0.300. The number of hydrogen-bond acceptors (Lipinski definition) is 5. The minimum absolute atomic E-state index is 0.0256. The summed E-state index contributed by atoms with van der Waals surface area (Å²) in [4.78, 5) is 23.8. The van der Waals surface area contributed by atoms with Gasteiger partial charge in [-0.3, -0.25) is 14.9 Å². The Hall–Kier alpha value is -2.98. The third-order valence-electron chi connectivity index (χ3n) is 4.53. The molecule has 1 heterocycles. The lowest BCUT2D eigenvalue weighted by molar-refractivity contribution is -0.384. The summed E-state index contributed by atoms with van der Waals surface area (Å²) in [5.74, 6) is -0.354. The Labute approximate surface area is 161 Å². The molecule has 3 rings (SSSR count). The van der Waals surface area contributed by atoms with E-state index in [1.807, 2.05) is 0 Å². The van der Waals surface area contributed by atoms with Crippen molar-refractivity contribution in [2.24, 2.45) is 0 Å². The first-order valence-corrected chi connectivity index (χ1v) is 9.68. The first-order valence-electron chi connectivity index (χ1n) is 8.86. The van der Waals surface area contributed by atoms with Crippen molar-refractivity contribution in [3.63, 3.8) is 0 Å². The van der Waals surface area contributed by atoms with Crippen LogP contribution in [0.25, 0.3) is 6.08 Å². The standard InChI is InChI=1S/C20H19N3O3S/c21-13-17-16-8-3-1-2-4-9-18(16)27-20(17)22-19(24)11-10-14-6-5-7-15(12-14)23(25)26/h5-7,10-12H,1-4,8-9H2,(H,22,24)/b11-10+. The van der Waals surface area contributed by atoms with Crippen molar-refractivity contribution in [1.29, 1.82) is 5.26 Å². The van der Waals surface area contributed by atoms with Crippen LogP contribution in [0.15, 0.2) is 30.3 Å². The van der Waals surface area contributed by atoms with Crippen LogP contribution in [0, 0.1) is 21.4 Å². The quantitative estimate of drug-likeness (QED) is 0.466. The number of fused-ring (bicyclic) bond motifs is 1. The van der Waals surface area contributed by atoms with Gasteiger partial charge in [0.2, 0.25) is 5.91 Å². The largest absolute Gasteiger partial charge is 0.313 e. The van der Waals surface area contributed by atoms with E-state index in [4.69, 9.17) is 0 Å². The highest BCUT2D eigenvalue weighted by atomic mass is 32.1. The van der Waals surface area contributed by atoms with Crippen LogP contribution in [0.2, 0.25) is 0 Å². The van der Waals surface area contributed by atoms with Crippen LogP contribution >= 0.6 is 11.3 Å². The number of aryl methyl sites for hydroxylation is 1. The lowest BCUT2D eigenvalue weighted by Crippen LogP contribution is -2.07. The topological polar surface area (TPSA) is 96.0 Å². The SMILES string of the molecule is N#Cc1c(NC(=O)/C=C/c2cccc([N+](=O)[O-])c2)sc2c1CCCCCC2. The van der Waals surface area contributed by atoms with E-state index in [9.17, 15) is 20.2 Å². The van der Waals surface area contributed by atoms with Gasteiger partial charge in [0.05, 0.1) is 10.5 Å². The summed E-state index contributed by atoms with van der Waals surface area (Å²) in [6.07, 6.45) is 9.25. The van der Waals surface area contributed by atoms with Crippen LogP contribution in [-0.4, -0.2) is 10.8 Å². The number of benzene rings is 1. The fourth-order valence-electron chi connectivity index (χ4n) is 3.19. The average Bonchev–Trinajstić information content (AvgIpc) is 2.95. The molecule has 6 nitrogen and oxygen atoms in total. The second-order valence-electron chi connectivity index (χ2n) is 6.41. The van der Waals surface area contributed by atoms with Crippen LogP contribution in [0.5, 0.6) is 0 Å². The van der Waals surface area contributed by atoms with E-state index in [2.05, 4.69) is 11.4 Å². The van der Waals surface area contributed by atoms with Gasteiger partial charge in [0.1, 0.15) is 11.1 Å². The first-order chi connectivity index (χ1) is 13.1. The summed E-state index contributed by atoms with van der Waals surface area (Å²) in [5, 5.41) is 23.8. The summed E-state index contributed by atoms with van der Waals surface area (Å²) >= 11 is 1.49. The molecular weight excluding hydrogens is 362 g/mol. The highest BCUT2D eigenvalue weighted by molar-refractivity contribution is 7.16. The third kappa shape index (κ3) is 4.60. The molecule has 1 N–H and O–H groups in total. The molecule has 2 aromatic rings. The maximum atomic E-state index is 12.3. The molecule has 138 valence electrons. The number of nitrogens with one attached hydrogen (secondary N) is 1. The fourth-order valence-corrected chi connectivity index (χ4v) is 4.44. The molecule has 7 heteroatoms. The zero-order chi connectivity index (χ0) is 19.2. The highest BCUT2D eigenvalue weighted by Gasteiger charge is 2.19. The summed E-state index contributed by atoms with van der Waals surface area (Å²) in [6.45, 7) is 0. The van der Waals surface area contributed by atoms with Gasteiger partial charge < -0.3 is 5.32 Å². The number of non-ortho nitro benzene ring substituents is 1. The molecule has 0 fully saturated rings. The van der Waals surface area contributed by atoms with Gasteiger partial charge in [-0.15, -0.1) is 11.3 Å². The van der Waals surface area contributed by atoms with E-state index in [0.717, 1.165) is 31.2 Å². The van der Waals surface area contributed by atoms with Gasteiger partial charge in [-0.1, -0.05) is 25.0 Å². The molecule has 27 heavy (non-hydrogen) atoms. The van der Waals surface area contributed by atoms with Crippen molar-refractivity contribution >= 4 is 34.0 Å². The molecule has 1 aromatic heterocycles. The van der Waals surface area contributed by atoms with E-state index in [1.54, 1.807) is 12.1 Å². The summed E-state index contributed by atoms with van der Waals surface area (Å²) in [5.41, 5.74) is 2.20.